The minimum Gasteiger partial charge on any atom is -0.481 e. The van der Waals surface area contributed by atoms with Gasteiger partial charge < -0.3 is 10.4 Å². The van der Waals surface area contributed by atoms with Crippen molar-refractivity contribution in [3.05, 3.63) is 12.7 Å². The Bertz CT molecular complexity index is 179. The van der Waals surface area contributed by atoms with E-state index in [9.17, 15) is 4.79 Å². The number of carbonyl (C=O) groups is 1. The molecule has 0 aromatic rings. The molecule has 0 radical (unpaired) electrons. The summed E-state index contributed by atoms with van der Waals surface area (Å²) in [6.45, 7) is 5.52. The SMILES string of the molecule is C=C[C@@H]1CNCC[C@@H]1CC(=O)O. The maximum atomic E-state index is 10.5. The van der Waals surface area contributed by atoms with Gasteiger partial charge >= 0.3 is 5.97 Å². The zero-order valence-electron chi connectivity index (χ0n) is 7.12. The highest BCUT2D eigenvalue weighted by molar-refractivity contribution is 5.67. The van der Waals surface area contributed by atoms with Gasteiger partial charge in [-0.1, -0.05) is 6.08 Å². The topological polar surface area (TPSA) is 49.3 Å². The van der Waals surface area contributed by atoms with Gasteiger partial charge in [0.15, 0.2) is 0 Å². The quantitative estimate of drug-likeness (QED) is 0.616. The summed E-state index contributed by atoms with van der Waals surface area (Å²) in [7, 11) is 0. The highest BCUT2D eigenvalue weighted by Crippen LogP contribution is 2.23. The number of hydrogen-bond acceptors (Lipinski definition) is 2. The van der Waals surface area contributed by atoms with Crippen LogP contribution < -0.4 is 5.32 Å². The third-order valence-corrected chi connectivity index (χ3v) is 2.42. The maximum absolute atomic E-state index is 10.5. The first-order valence-electron chi connectivity index (χ1n) is 4.29. The summed E-state index contributed by atoms with van der Waals surface area (Å²) in [5, 5.41) is 11.8. The molecule has 3 heteroatoms. The van der Waals surface area contributed by atoms with Gasteiger partial charge in [0, 0.05) is 13.0 Å². The Balaban J connectivity index is 2.46. The molecule has 1 fully saturated rings. The number of carboxylic acid groups (broad SMARTS) is 1. The van der Waals surface area contributed by atoms with E-state index in [-0.39, 0.29) is 12.3 Å². The van der Waals surface area contributed by atoms with Gasteiger partial charge in [-0.25, -0.2) is 0 Å². The molecular formula is C9H15NO2. The Hall–Kier alpha value is -0.830. The van der Waals surface area contributed by atoms with Crippen molar-refractivity contribution in [3.8, 4) is 0 Å². The average molecular weight is 169 g/mol. The van der Waals surface area contributed by atoms with Crippen LogP contribution in [0.5, 0.6) is 0 Å². The first kappa shape index (κ1) is 9.26. The molecule has 2 N–H and O–H groups in total. The molecule has 12 heavy (non-hydrogen) atoms. The lowest BCUT2D eigenvalue weighted by Crippen LogP contribution is -2.36. The molecular weight excluding hydrogens is 154 g/mol. The Labute approximate surface area is 72.5 Å². The van der Waals surface area contributed by atoms with Crippen molar-refractivity contribution in [2.45, 2.75) is 12.8 Å². The number of hydrogen-bond donors (Lipinski definition) is 2. The summed E-state index contributed by atoms with van der Waals surface area (Å²) in [6, 6.07) is 0. The van der Waals surface area contributed by atoms with Crippen LogP contribution in [0.4, 0.5) is 0 Å². The predicted molar refractivity (Wildman–Crippen MR) is 46.9 cm³/mol. The average Bonchev–Trinajstić information content (AvgIpc) is 2.04. The lowest BCUT2D eigenvalue weighted by molar-refractivity contribution is -0.138. The largest absolute Gasteiger partial charge is 0.481 e. The van der Waals surface area contributed by atoms with Crippen molar-refractivity contribution in [1.82, 2.24) is 5.32 Å². The number of aliphatic carboxylic acids is 1. The van der Waals surface area contributed by atoms with Gasteiger partial charge in [-0.05, 0) is 24.8 Å². The van der Waals surface area contributed by atoms with E-state index >= 15 is 0 Å². The van der Waals surface area contributed by atoms with Crippen LogP contribution in [0.2, 0.25) is 0 Å². The summed E-state index contributed by atoms with van der Waals surface area (Å²) >= 11 is 0. The Morgan fingerprint density at radius 1 is 1.75 bits per heavy atom. The third kappa shape index (κ3) is 2.34. The minimum atomic E-state index is -0.700. The summed E-state index contributed by atoms with van der Waals surface area (Å²) in [4.78, 5) is 10.5. The van der Waals surface area contributed by atoms with Crippen LogP contribution in [0.1, 0.15) is 12.8 Å². The Morgan fingerprint density at radius 2 is 2.50 bits per heavy atom. The lowest BCUT2D eigenvalue weighted by Gasteiger charge is -2.28. The zero-order chi connectivity index (χ0) is 8.97. The molecule has 0 bridgehead atoms. The fourth-order valence-corrected chi connectivity index (χ4v) is 1.69. The van der Waals surface area contributed by atoms with Crippen LogP contribution in [0.3, 0.4) is 0 Å². The van der Waals surface area contributed by atoms with Crippen molar-refractivity contribution < 1.29 is 9.90 Å². The molecule has 68 valence electrons. The fraction of sp³-hybridized carbons (Fsp3) is 0.667. The van der Waals surface area contributed by atoms with E-state index in [4.69, 9.17) is 5.11 Å². The van der Waals surface area contributed by atoms with E-state index in [0.717, 1.165) is 19.5 Å². The van der Waals surface area contributed by atoms with Crippen LogP contribution in [0, 0.1) is 11.8 Å². The molecule has 0 aromatic heterocycles. The molecule has 1 heterocycles. The van der Waals surface area contributed by atoms with Crippen LogP contribution in [-0.4, -0.2) is 24.2 Å². The third-order valence-electron chi connectivity index (χ3n) is 2.42. The van der Waals surface area contributed by atoms with E-state index in [0.29, 0.717) is 5.92 Å². The molecule has 0 aliphatic carbocycles. The van der Waals surface area contributed by atoms with Gasteiger partial charge in [0.05, 0.1) is 0 Å². The molecule has 0 spiro atoms. The van der Waals surface area contributed by atoms with Crippen molar-refractivity contribution in [2.24, 2.45) is 11.8 Å². The van der Waals surface area contributed by atoms with E-state index in [1.807, 2.05) is 6.08 Å². The normalized spacial score (nSPS) is 29.7. The predicted octanol–water partition coefficient (Wildman–Crippen LogP) is 0.873. The van der Waals surface area contributed by atoms with E-state index in [1.165, 1.54) is 0 Å². The van der Waals surface area contributed by atoms with Crippen molar-refractivity contribution in [1.29, 1.82) is 0 Å². The lowest BCUT2D eigenvalue weighted by atomic mass is 9.84. The number of rotatable bonds is 3. The fourth-order valence-electron chi connectivity index (χ4n) is 1.69. The molecule has 1 aliphatic heterocycles. The smallest absolute Gasteiger partial charge is 0.303 e. The van der Waals surface area contributed by atoms with E-state index in [2.05, 4.69) is 11.9 Å². The summed E-state index contributed by atoms with van der Waals surface area (Å²) < 4.78 is 0. The number of nitrogens with one attached hydrogen (secondary N) is 1. The van der Waals surface area contributed by atoms with E-state index < -0.39 is 5.97 Å². The minimum absolute atomic E-state index is 0.276. The highest BCUT2D eigenvalue weighted by atomic mass is 16.4. The summed E-state index contributed by atoms with van der Waals surface area (Å²) in [5.74, 6) is -0.0927. The summed E-state index contributed by atoms with van der Waals surface area (Å²) in [5.41, 5.74) is 0. The number of carboxylic acids is 1. The molecule has 0 amide bonds. The van der Waals surface area contributed by atoms with E-state index in [1.54, 1.807) is 0 Å². The molecule has 1 rings (SSSR count). The Morgan fingerprint density at radius 3 is 3.08 bits per heavy atom. The van der Waals surface area contributed by atoms with Crippen molar-refractivity contribution >= 4 is 5.97 Å². The second-order valence-electron chi connectivity index (χ2n) is 3.25. The Kier molecular flexibility index (Phi) is 3.29. The maximum Gasteiger partial charge on any atom is 0.303 e. The van der Waals surface area contributed by atoms with Crippen LogP contribution in [0.25, 0.3) is 0 Å². The van der Waals surface area contributed by atoms with Gasteiger partial charge in [-0.3, -0.25) is 4.79 Å². The molecule has 2 atom stereocenters. The second-order valence-corrected chi connectivity index (χ2v) is 3.25. The van der Waals surface area contributed by atoms with Gasteiger partial charge in [0.25, 0.3) is 0 Å². The molecule has 1 aliphatic rings. The van der Waals surface area contributed by atoms with Crippen molar-refractivity contribution in [2.75, 3.05) is 13.1 Å². The van der Waals surface area contributed by atoms with Gasteiger partial charge in [0.1, 0.15) is 0 Å². The monoisotopic (exact) mass is 169 g/mol. The molecule has 0 unspecified atom stereocenters. The van der Waals surface area contributed by atoms with Gasteiger partial charge in [0.2, 0.25) is 0 Å². The highest BCUT2D eigenvalue weighted by Gasteiger charge is 2.24. The molecule has 1 saturated heterocycles. The number of piperidine rings is 1. The van der Waals surface area contributed by atoms with Crippen LogP contribution in [-0.2, 0) is 4.79 Å². The molecule has 3 nitrogen and oxygen atoms in total. The second kappa shape index (κ2) is 4.26. The summed E-state index contributed by atoms with van der Waals surface area (Å²) in [6.07, 6.45) is 3.08. The standard InChI is InChI=1S/C9H15NO2/c1-2-7-6-10-4-3-8(7)5-9(11)12/h2,7-8,10H,1,3-6H2,(H,11,12)/t7-,8-/m1/s1. The molecule has 0 saturated carbocycles. The van der Waals surface area contributed by atoms with Crippen molar-refractivity contribution in [3.63, 3.8) is 0 Å². The zero-order valence-corrected chi connectivity index (χ0v) is 7.12. The van der Waals surface area contributed by atoms with Gasteiger partial charge in [-0.2, -0.15) is 0 Å². The van der Waals surface area contributed by atoms with Crippen LogP contribution in [0.15, 0.2) is 12.7 Å². The first-order chi connectivity index (χ1) is 5.74. The van der Waals surface area contributed by atoms with Gasteiger partial charge in [-0.15, -0.1) is 6.58 Å². The first-order valence-corrected chi connectivity index (χ1v) is 4.29. The van der Waals surface area contributed by atoms with Crippen LogP contribution >= 0.6 is 0 Å². The molecule has 0 aromatic carbocycles.